The second kappa shape index (κ2) is 6.55. The lowest BCUT2D eigenvalue weighted by atomic mass is 9.75. The summed E-state index contributed by atoms with van der Waals surface area (Å²) < 4.78 is 5.41. The highest BCUT2D eigenvalue weighted by molar-refractivity contribution is 5.95. The monoisotopic (exact) mass is 385 g/mol. The molecule has 5 nitrogen and oxygen atoms in total. The van der Waals surface area contributed by atoms with Crippen molar-refractivity contribution in [2.24, 2.45) is 11.7 Å². The van der Waals surface area contributed by atoms with Crippen molar-refractivity contribution < 1.29 is 9.84 Å². The lowest BCUT2D eigenvalue weighted by Gasteiger charge is -2.38. The molecule has 29 heavy (non-hydrogen) atoms. The third-order valence-corrected chi connectivity index (χ3v) is 6.28. The number of nitrogens with one attached hydrogen (secondary N) is 2. The summed E-state index contributed by atoms with van der Waals surface area (Å²) in [6.07, 6.45) is 0.916. The lowest BCUT2D eigenvalue weighted by Crippen LogP contribution is -2.31. The molecule has 0 aromatic heterocycles. The van der Waals surface area contributed by atoms with E-state index in [1.807, 2.05) is 24.3 Å². The van der Waals surface area contributed by atoms with Crippen molar-refractivity contribution in [3.63, 3.8) is 0 Å². The van der Waals surface area contributed by atoms with Gasteiger partial charge in [0.05, 0.1) is 13.2 Å². The Bertz CT molecular complexity index is 1120. The Morgan fingerprint density at radius 1 is 1.07 bits per heavy atom. The third-order valence-electron chi connectivity index (χ3n) is 6.28. The van der Waals surface area contributed by atoms with Gasteiger partial charge in [0.2, 0.25) is 0 Å². The second-order valence-electron chi connectivity index (χ2n) is 7.81. The molecule has 0 amide bonds. The summed E-state index contributed by atoms with van der Waals surface area (Å²) in [4.78, 5) is 0. The van der Waals surface area contributed by atoms with Gasteiger partial charge in [-0.3, -0.25) is 5.41 Å². The molecule has 3 aromatic carbocycles. The van der Waals surface area contributed by atoms with Crippen molar-refractivity contribution in [2.45, 2.75) is 18.4 Å². The van der Waals surface area contributed by atoms with Crippen molar-refractivity contribution in [1.82, 2.24) is 0 Å². The highest BCUT2D eigenvalue weighted by Crippen LogP contribution is 2.55. The van der Waals surface area contributed by atoms with Gasteiger partial charge in [-0.15, -0.1) is 0 Å². The van der Waals surface area contributed by atoms with Crippen LogP contribution in [0.3, 0.4) is 0 Å². The molecule has 1 aliphatic heterocycles. The Kier molecular flexibility index (Phi) is 3.98. The normalized spacial score (nSPS) is 21.5. The predicted octanol–water partition coefficient (Wildman–Crippen LogP) is 4.16. The number of phenolic OH excluding ortho intramolecular Hbond substituents is 1. The van der Waals surface area contributed by atoms with Gasteiger partial charge in [-0.25, -0.2) is 0 Å². The maximum Gasteiger partial charge on any atom is 0.122 e. The van der Waals surface area contributed by atoms with E-state index < -0.39 is 0 Å². The summed E-state index contributed by atoms with van der Waals surface area (Å²) in [7, 11) is 1.64. The minimum atomic E-state index is -0.0572. The van der Waals surface area contributed by atoms with Crippen molar-refractivity contribution in [3.8, 4) is 11.5 Å². The number of nitrogen functional groups attached to an aromatic ring is 1. The Morgan fingerprint density at radius 3 is 2.69 bits per heavy atom. The van der Waals surface area contributed by atoms with Crippen molar-refractivity contribution in [2.75, 3.05) is 12.4 Å². The number of ether oxygens (including phenoxy) is 1. The summed E-state index contributed by atoms with van der Waals surface area (Å²) in [6, 6.07) is 19.8. The molecule has 3 unspecified atom stereocenters. The molecule has 0 radical (unpaired) electrons. The van der Waals surface area contributed by atoms with E-state index in [1.165, 1.54) is 11.1 Å². The number of hydrogen-bond donors (Lipinski definition) is 4. The van der Waals surface area contributed by atoms with Crippen LogP contribution in [0.4, 0.5) is 5.69 Å². The van der Waals surface area contributed by atoms with Crippen LogP contribution in [0, 0.1) is 11.3 Å². The number of hydrogen-bond acceptors (Lipinski definition) is 4. The topological polar surface area (TPSA) is 91.4 Å². The van der Waals surface area contributed by atoms with Crippen LogP contribution in [0.5, 0.6) is 11.5 Å². The zero-order valence-corrected chi connectivity index (χ0v) is 16.1. The molecular weight excluding hydrogens is 362 g/mol. The number of phenols is 1. The minimum Gasteiger partial charge on any atom is -0.508 e. The lowest BCUT2D eigenvalue weighted by molar-refractivity contribution is 0.388. The van der Waals surface area contributed by atoms with E-state index in [1.54, 1.807) is 19.2 Å². The van der Waals surface area contributed by atoms with Crippen LogP contribution in [0.25, 0.3) is 0 Å². The highest BCUT2D eigenvalue weighted by atomic mass is 16.5. The summed E-state index contributed by atoms with van der Waals surface area (Å²) in [5.41, 5.74) is 12.2. The van der Waals surface area contributed by atoms with Gasteiger partial charge in [0.15, 0.2) is 0 Å². The largest absolute Gasteiger partial charge is 0.508 e. The number of amidine groups is 1. The van der Waals surface area contributed by atoms with Crippen molar-refractivity contribution >= 4 is 11.5 Å². The van der Waals surface area contributed by atoms with Crippen LogP contribution in [-0.2, 0) is 6.42 Å². The van der Waals surface area contributed by atoms with Gasteiger partial charge in [0, 0.05) is 22.7 Å². The first-order chi connectivity index (χ1) is 14.1. The van der Waals surface area contributed by atoms with Gasteiger partial charge in [-0.1, -0.05) is 24.3 Å². The molecule has 146 valence electrons. The van der Waals surface area contributed by atoms with Crippen LogP contribution < -0.4 is 15.8 Å². The number of nitrogens with two attached hydrogens (primary N) is 1. The first kappa shape index (κ1) is 17.6. The van der Waals surface area contributed by atoms with E-state index in [9.17, 15) is 5.11 Å². The molecule has 2 aliphatic rings. The molecule has 3 aromatic rings. The maximum atomic E-state index is 10.6. The molecule has 5 N–H and O–H groups in total. The number of rotatable bonds is 3. The average molecular weight is 385 g/mol. The molecule has 5 heteroatoms. The molecule has 0 saturated heterocycles. The van der Waals surface area contributed by atoms with E-state index in [2.05, 4.69) is 29.6 Å². The van der Waals surface area contributed by atoms with Gasteiger partial charge in [0.1, 0.15) is 17.3 Å². The van der Waals surface area contributed by atoms with E-state index in [0.29, 0.717) is 0 Å². The summed E-state index contributed by atoms with van der Waals surface area (Å²) in [6.45, 7) is 0. The number of benzene rings is 3. The van der Waals surface area contributed by atoms with Gasteiger partial charge in [-0.2, -0.15) is 0 Å². The Hall–Kier alpha value is -3.47. The Labute approximate surface area is 169 Å². The SMILES string of the molecule is COc1ccc(O)c(C2Nc3ccc(C(=N)N)cc3C3c4ccccc4CC23)c1. The fourth-order valence-electron chi connectivity index (χ4n) is 4.95. The zero-order chi connectivity index (χ0) is 20.1. The Morgan fingerprint density at radius 2 is 1.90 bits per heavy atom. The van der Waals surface area contributed by atoms with Gasteiger partial charge < -0.3 is 20.9 Å². The fraction of sp³-hybridized carbons (Fsp3) is 0.208. The molecule has 1 aliphatic carbocycles. The number of fused-ring (bicyclic) bond motifs is 5. The smallest absolute Gasteiger partial charge is 0.122 e. The minimum absolute atomic E-state index is 0.0572. The average Bonchev–Trinajstić information content (AvgIpc) is 3.13. The number of methoxy groups -OCH3 is 1. The van der Waals surface area contributed by atoms with Gasteiger partial charge in [0.25, 0.3) is 0 Å². The van der Waals surface area contributed by atoms with Crippen LogP contribution in [0.15, 0.2) is 60.7 Å². The second-order valence-corrected chi connectivity index (χ2v) is 7.81. The molecule has 0 bridgehead atoms. The van der Waals surface area contributed by atoms with Crippen molar-refractivity contribution in [1.29, 1.82) is 5.41 Å². The third kappa shape index (κ3) is 2.73. The van der Waals surface area contributed by atoms with Crippen molar-refractivity contribution in [3.05, 3.63) is 88.5 Å². The van der Waals surface area contributed by atoms with E-state index in [-0.39, 0.29) is 29.5 Å². The molecular formula is C24H23N3O2. The first-order valence-electron chi connectivity index (χ1n) is 9.76. The molecule has 0 saturated carbocycles. The fourth-order valence-corrected chi connectivity index (χ4v) is 4.95. The number of anilines is 1. The van der Waals surface area contributed by atoms with E-state index in [0.717, 1.165) is 34.5 Å². The standard InChI is InChI=1S/C24H23N3O2/c1-29-15-7-9-21(28)18(12-15)23-19-10-13-4-2-3-5-16(13)22(19)17-11-14(24(25)26)6-8-20(17)27-23/h2-9,11-12,19,22-23,27-28H,10H2,1H3,(H3,25,26). The van der Waals surface area contributed by atoms with Gasteiger partial charge in [-0.05, 0) is 65.4 Å². The predicted molar refractivity (Wildman–Crippen MR) is 114 cm³/mol. The molecule has 1 heterocycles. The zero-order valence-electron chi connectivity index (χ0n) is 16.1. The summed E-state index contributed by atoms with van der Waals surface area (Å²) in [5, 5.41) is 22.1. The van der Waals surface area contributed by atoms with E-state index >= 15 is 0 Å². The summed E-state index contributed by atoms with van der Waals surface area (Å²) >= 11 is 0. The van der Waals surface area contributed by atoms with Crippen LogP contribution >= 0.6 is 0 Å². The first-order valence-corrected chi connectivity index (χ1v) is 9.76. The van der Waals surface area contributed by atoms with Crippen LogP contribution in [0.1, 0.15) is 39.8 Å². The molecule has 0 fully saturated rings. The maximum absolute atomic E-state index is 10.6. The molecule has 3 atom stereocenters. The van der Waals surface area contributed by atoms with E-state index in [4.69, 9.17) is 15.9 Å². The molecule has 0 spiro atoms. The highest BCUT2D eigenvalue weighted by Gasteiger charge is 2.44. The number of aromatic hydroxyl groups is 1. The summed E-state index contributed by atoms with van der Waals surface area (Å²) in [5.74, 6) is 1.48. The van der Waals surface area contributed by atoms with Gasteiger partial charge >= 0.3 is 0 Å². The molecule has 5 rings (SSSR count). The quantitative estimate of drug-likeness (QED) is 0.402. The van der Waals surface area contributed by atoms with Crippen LogP contribution in [0.2, 0.25) is 0 Å². The Balaban J connectivity index is 1.69. The van der Waals surface area contributed by atoms with Crippen LogP contribution in [-0.4, -0.2) is 18.1 Å².